The summed E-state index contributed by atoms with van der Waals surface area (Å²) < 4.78 is 5.02. The van der Waals surface area contributed by atoms with Gasteiger partial charge in [-0.25, -0.2) is 0 Å². The van der Waals surface area contributed by atoms with Crippen LogP contribution in [0.3, 0.4) is 0 Å². The maximum Gasteiger partial charge on any atom is 0.325 e. The number of ether oxygens (including phenoxy) is 1. The molecule has 2 aromatic rings. The van der Waals surface area contributed by atoms with E-state index in [9.17, 15) is 14.4 Å². The fourth-order valence-electron chi connectivity index (χ4n) is 2.74. The Kier molecular flexibility index (Phi) is 7.92. The molecule has 2 rings (SSSR count). The van der Waals surface area contributed by atoms with Crippen molar-refractivity contribution in [1.82, 2.24) is 5.32 Å². The first-order valence-electron chi connectivity index (χ1n) is 9.73. The summed E-state index contributed by atoms with van der Waals surface area (Å²) in [5, 5.41) is 2.51. The fraction of sp³-hybridized carbons (Fsp3) is 0.292. The van der Waals surface area contributed by atoms with Crippen LogP contribution in [0.25, 0.3) is 0 Å². The number of anilines is 1. The van der Waals surface area contributed by atoms with Crippen molar-refractivity contribution in [3.63, 3.8) is 0 Å². The van der Waals surface area contributed by atoms with Crippen molar-refractivity contribution in [2.24, 2.45) is 0 Å². The van der Waals surface area contributed by atoms with E-state index in [1.807, 2.05) is 30.3 Å². The van der Waals surface area contributed by atoms with Crippen molar-refractivity contribution in [3.05, 3.63) is 78.4 Å². The van der Waals surface area contributed by atoms with Crippen LogP contribution in [-0.2, 0) is 19.7 Å². The van der Waals surface area contributed by atoms with E-state index in [-0.39, 0.29) is 23.8 Å². The molecule has 30 heavy (non-hydrogen) atoms. The van der Waals surface area contributed by atoms with Crippen LogP contribution in [0.1, 0.15) is 36.7 Å². The van der Waals surface area contributed by atoms with E-state index in [4.69, 9.17) is 4.74 Å². The number of hydrogen-bond donors (Lipinski definition) is 1. The Balaban J connectivity index is 1.84. The molecule has 0 radical (unpaired) electrons. The molecule has 6 nitrogen and oxygen atoms in total. The quantitative estimate of drug-likeness (QED) is 0.536. The van der Waals surface area contributed by atoms with Gasteiger partial charge in [-0.2, -0.15) is 0 Å². The molecule has 0 atom stereocenters. The molecule has 0 aliphatic carbocycles. The minimum absolute atomic E-state index is 0.00934. The minimum Gasteiger partial charge on any atom is -0.454 e. The molecule has 0 aliphatic rings. The summed E-state index contributed by atoms with van der Waals surface area (Å²) in [5.41, 5.74) is 2.24. The Hall–Kier alpha value is -3.41. The van der Waals surface area contributed by atoms with Gasteiger partial charge < -0.3 is 15.0 Å². The summed E-state index contributed by atoms with van der Waals surface area (Å²) in [6.45, 7) is 9.48. The van der Waals surface area contributed by atoms with Crippen molar-refractivity contribution in [3.8, 4) is 0 Å². The molecule has 1 N–H and O–H groups in total. The third kappa shape index (κ3) is 6.58. The summed E-state index contributed by atoms with van der Waals surface area (Å²) >= 11 is 0. The molecule has 2 aromatic carbocycles. The first kappa shape index (κ1) is 22.9. The summed E-state index contributed by atoms with van der Waals surface area (Å²) in [7, 11) is 0. The predicted molar refractivity (Wildman–Crippen MR) is 117 cm³/mol. The highest BCUT2D eigenvalue weighted by Gasteiger charge is 2.17. The van der Waals surface area contributed by atoms with Gasteiger partial charge in [-0.1, -0.05) is 57.2 Å². The Morgan fingerprint density at radius 2 is 1.67 bits per heavy atom. The second-order valence-electron chi connectivity index (χ2n) is 7.80. The zero-order chi connectivity index (χ0) is 22.1. The maximum absolute atomic E-state index is 12.4. The van der Waals surface area contributed by atoms with Gasteiger partial charge in [0.05, 0.1) is 0 Å². The smallest absolute Gasteiger partial charge is 0.325 e. The van der Waals surface area contributed by atoms with Crippen LogP contribution in [0.15, 0.2) is 67.3 Å². The van der Waals surface area contributed by atoms with Crippen LogP contribution in [0.4, 0.5) is 5.69 Å². The van der Waals surface area contributed by atoms with E-state index in [1.54, 1.807) is 30.3 Å². The van der Waals surface area contributed by atoms with Crippen LogP contribution < -0.4 is 10.2 Å². The van der Waals surface area contributed by atoms with E-state index in [2.05, 4.69) is 32.7 Å². The molecule has 2 amide bonds. The van der Waals surface area contributed by atoms with Crippen molar-refractivity contribution in [1.29, 1.82) is 0 Å². The average molecular weight is 408 g/mol. The highest BCUT2D eigenvalue weighted by Crippen LogP contribution is 2.22. The molecular formula is C24H28N2O4. The largest absolute Gasteiger partial charge is 0.454 e. The zero-order valence-electron chi connectivity index (χ0n) is 17.7. The van der Waals surface area contributed by atoms with E-state index in [1.165, 1.54) is 4.90 Å². The van der Waals surface area contributed by atoms with Gasteiger partial charge in [-0.3, -0.25) is 14.4 Å². The molecular weight excluding hydrogens is 380 g/mol. The average Bonchev–Trinajstić information content (AvgIpc) is 2.74. The molecule has 0 unspecified atom stereocenters. The number of carbonyl (C=O) groups excluding carboxylic acids is 3. The molecule has 6 heteroatoms. The summed E-state index contributed by atoms with van der Waals surface area (Å²) in [4.78, 5) is 38.1. The third-order valence-corrected chi connectivity index (χ3v) is 4.44. The molecule has 0 spiro atoms. The standard InChI is InChI=1S/C24H28N2O4/c1-5-15-26(20-9-7-6-8-10-20)21(27)17-30-22(28)16-25-23(29)18-11-13-19(14-12-18)24(2,3)4/h5-14H,1,15-17H2,2-4H3,(H,25,29). The summed E-state index contributed by atoms with van der Waals surface area (Å²) in [6.07, 6.45) is 1.60. The van der Waals surface area contributed by atoms with Crippen LogP contribution in [0, 0.1) is 0 Å². The number of carbonyl (C=O) groups is 3. The van der Waals surface area contributed by atoms with Crippen molar-refractivity contribution in [2.45, 2.75) is 26.2 Å². The van der Waals surface area contributed by atoms with E-state index < -0.39 is 12.6 Å². The van der Waals surface area contributed by atoms with E-state index in [0.29, 0.717) is 17.8 Å². The first-order valence-corrected chi connectivity index (χ1v) is 9.73. The van der Waals surface area contributed by atoms with Gasteiger partial charge >= 0.3 is 5.97 Å². The van der Waals surface area contributed by atoms with Gasteiger partial charge in [0.2, 0.25) is 0 Å². The van der Waals surface area contributed by atoms with Gasteiger partial charge in [0, 0.05) is 17.8 Å². The molecule has 0 saturated carbocycles. The number of nitrogens with one attached hydrogen (secondary N) is 1. The highest BCUT2D eigenvalue weighted by molar-refractivity contribution is 5.97. The van der Waals surface area contributed by atoms with Crippen LogP contribution >= 0.6 is 0 Å². The van der Waals surface area contributed by atoms with Crippen molar-refractivity contribution in [2.75, 3.05) is 24.6 Å². The number of hydrogen-bond acceptors (Lipinski definition) is 4. The van der Waals surface area contributed by atoms with Gasteiger partial charge in [0.1, 0.15) is 6.54 Å². The van der Waals surface area contributed by atoms with Gasteiger partial charge in [0.15, 0.2) is 6.61 Å². The number of benzene rings is 2. The van der Waals surface area contributed by atoms with Crippen molar-refractivity contribution < 1.29 is 19.1 Å². The summed E-state index contributed by atoms with van der Waals surface area (Å²) in [5.74, 6) is -1.44. The first-order chi connectivity index (χ1) is 14.2. The SMILES string of the molecule is C=CCN(C(=O)COC(=O)CNC(=O)c1ccc(C(C)(C)C)cc1)c1ccccc1. The van der Waals surface area contributed by atoms with Crippen LogP contribution in [-0.4, -0.2) is 37.5 Å². The minimum atomic E-state index is -0.686. The molecule has 0 heterocycles. The number of para-hydroxylation sites is 1. The molecule has 0 aliphatic heterocycles. The molecule has 0 fully saturated rings. The highest BCUT2D eigenvalue weighted by atomic mass is 16.5. The molecule has 0 bridgehead atoms. The van der Waals surface area contributed by atoms with E-state index in [0.717, 1.165) is 5.56 Å². The normalized spacial score (nSPS) is 10.8. The Labute approximate surface area is 177 Å². The number of esters is 1. The summed E-state index contributed by atoms with van der Waals surface area (Å²) in [6, 6.07) is 16.3. The number of amides is 2. The lowest BCUT2D eigenvalue weighted by atomic mass is 9.87. The molecule has 0 aromatic heterocycles. The Bertz CT molecular complexity index is 884. The third-order valence-electron chi connectivity index (χ3n) is 4.44. The lowest BCUT2D eigenvalue weighted by Crippen LogP contribution is -2.37. The predicted octanol–water partition coefficient (Wildman–Crippen LogP) is 3.48. The topological polar surface area (TPSA) is 75.7 Å². The second kappa shape index (κ2) is 10.4. The fourth-order valence-corrected chi connectivity index (χ4v) is 2.74. The van der Waals surface area contributed by atoms with Crippen LogP contribution in [0.5, 0.6) is 0 Å². The lowest BCUT2D eigenvalue weighted by Gasteiger charge is -2.21. The van der Waals surface area contributed by atoms with Gasteiger partial charge in [0.25, 0.3) is 11.8 Å². The number of rotatable bonds is 8. The van der Waals surface area contributed by atoms with Gasteiger partial charge in [-0.05, 0) is 35.2 Å². The number of nitrogens with zero attached hydrogens (tertiary/aromatic N) is 1. The molecule has 0 saturated heterocycles. The Morgan fingerprint density at radius 3 is 2.23 bits per heavy atom. The van der Waals surface area contributed by atoms with Crippen molar-refractivity contribution >= 4 is 23.5 Å². The van der Waals surface area contributed by atoms with Gasteiger partial charge in [-0.15, -0.1) is 6.58 Å². The van der Waals surface area contributed by atoms with Crippen LogP contribution in [0.2, 0.25) is 0 Å². The second-order valence-corrected chi connectivity index (χ2v) is 7.80. The monoisotopic (exact) mass is 408 g/mol. The maximum atomic E-state index is 12.4. The Morgan fingerprint density at radius 1 is 1.03 bits per heavy atom. The lowest BCUT2D eigenvalue weighted by molar-refractivity contribution is -0.146. The zero-order valence-corrected chi connectivity index (χ0v) is 17.7. The van der Waals surface area contributed by atoms with E-state index >= 15 is 0 Å². The molecule has 158 valence electrons.